The summed E-state index contributed by atoms with van der Waals surface area (Å²) in [5.74, 6) is -1.30. The van der Waals surface area contributed by atoms with Crippen molar-refractivity contribution in [3.8, 4) is 6.07 Å². The number of imide groups is 1. The van der Waals surface area contributed by atoms with Gasteiger partial charge in [0.15, 0.2) is 5.13 Å². The predicted molar refractivity (Wildman–Crippen MR) is 157 cm³/mol. The van der Waals surface area contributed by atoms with Gasteiger partial charge in [-0.2, -0.15) is 5.26 Å². The summed E-state index contributed by atoms with van der Waals surface area (Å²) in [6, 6.07) is 18.4. The van der Waals surface area contributed by atoms with E-state index in [9.17, 15) is 19.6 Å². The van der Waals surface area contributed by atoms with Crippen LogP contribution in [0, 0.1) is 11.3 Å². The van der Waals surface area contributed by atoms with E-state index in [-0.39, 0.29) is 12.2 Å². The number of rotatable bonds is 4. The molecule has 3 heterocycles. The number of benzene rings is 3. The van der Waals surface area contributed by atoms with E-state index in [2.05, 4.69) is 6.07 Å². The van der Waals surface area contributed by atoms with Crippen LogP contribution >= 0.6 is 34.5 Å². The van der Waals surface area contributed by atoms with E-state index in [0.717, 1.165) is 15.2 Å². The van der Waals surface area contributed by atoms with Crippen LogP contribution in [0.1, 0.15) is 27.4 Å². The van der Waals surface area contributed by atoms with E-state index in [1.54, 1.807) is 37.4 Å². The zero-order chi connectivity index (χ0) is 29.1. The topological polar surface area (TPSA) is 107 Å². The maximum atomic E-state index is 14.4. The first kappa shape index (κ1) is 27.0. The van der Waals surface area contributed by atoms with Gasteiger partial charge in [-0.05, 0) is 54.1 Å². The van der Waals surface area contributed by atoms with Crippen LogP contribution in [-0.2, 0) is 9.53 Å². The highest BCUT2D eigenvalue weighted by Gasteiger charge is 2.64. The number of halogens is 2. The smallest absolute Gasteiger partial charge is 0.337 e. The number of ether oxygens (including phenoxy) is 1. The number of fused-ring (bicyclic) bond motifs is 1. The van der Waals surface area contributed by atoms with Gasteiger partial charge < -0.3 is 14.5 Å². The van der Waals surface area contributed by atoms with Crippen molar-refractivity contribution in [3.05, 3.63) is 87.4 Å². The van der Waals surface area contributed by atoms with Crippen LogP contribution in [0.2, 0.25) is 10.0 Å². The monoisotopic (exact) mass is 605 g/mol. The predicted octanol–water partition coefficient (Wildman–Crippen LogP) is 5.70. The molecule has 1 aromatic heterocycles. The maximum absolute atomic E-state index is 14.4. The molecule has 0 unspecified atom stereocenters. The molecule has 1 spiro atoms. The fraction of sp³-hybridized carbons (Fsp3) is 0.207. The summed E-state index contributed by atoms with van der Waals surface area (Å²) < 4.78 is 5.64. The molecule has 9 nitrogen and oxygen atoms in total. The Morgan fingerprint density at radius 2 is 1.80 bits per heavy atom. The molecule has 6 rings (SSSR count). The summed E-state index contributed by atoms with van der Waals surface area (Å²) in [4.78, 5) is 49.6. The first-order chi connectivity index (χ1) is 19.7. The lowest BCUT2D eigenvalue weighted by molar-refractivity contribution is -0.124. The summed E-state index contributed by atoms with van der Waals surface area (Å²) in [7, 11) is 2.95. The third-order valence-electron chi connectivity index (χ3n) is 7.68. The Morgan fingerprint density at radius 1 is 1.10 bits per heavy atom. The molecular weight excluding hydrogens is 585 g/mol. The van der Waals surface area contributed by atoms with Crippen molar-refractivity contribution < 1.29 is 19.1 Å². The first-order valence-corrected chi connectivity index (χ1v) is 14.1. The normalized spacial score (nSPS) is 20.4. The Balaban J connectivity index is 1.45. The van der Waals surface area contributed by atoms with Gasteiger partial charge in [0, 0.05) is 29.6 Å². The first-order valence-electron chi connectivity index (χ1n) is 12.5. The van der Waals surface area contributed by atoms with Gasteiger partial charge in [0.25, 0.3) is 5.91 Å². The minimum absolute atomic E-state index is 0.174. The number of nitriles is 1. The van der Waals surface area contributed by atoms with Gasteiger partial charge in [0.1, 0.15) is 5.54 Å². The number of anilines is 2. The zero-order valence-corrected chi connectivity index (χ0v) is 24.1. The van der Waals surface area contributed by atoms with Crippen molar-refractivity contribution in [3.63, 3.8) is 0 Å². The molecule has 0 N–H and O–H groups in total. The number of methoxy groups -OCH3 is 1. The number of likely N-dealkylation sites (N-methyl/N-ethyl adjacent to an activating group) is 1. The lowest BCUT2D eigenvalue weighted by Gasteiger charge is -2.33. The number of urea groups is 1. The van der Waals surface area contributed by atoms with E-state index in [4.69, 9.17) is 32.9 Å². The molecular formula is C29H21Cl2N5O4S. The second-order valence-corrected chi connectivity index (χ2v) is 11.8. The Morgan fingerprint density at radius 3 is 2.46 bits per heavy atom. The zero-order valence-electron chi connectivity index (χ0n) is 21.8. The van der Waals surface area contributed by atoms with Gasteiger partial charge in [0.05, 0.1) is 46.8 Å². The molecule has 4 aromatic rings. The molecule has 3 aromatic carbocycles. The lowest BCUT2D eigenvalue weighted by atomic mass is 9.80. The van der Waals surface area contributed by atoms with Gasteiger partial charge in [-0.25, -0.2) is 19.5 Å². The van der Waals surface area contributed by atoms with Crippen LogP contribution in [0.15, 0.2) is 60.7 Å². The van der Waals surface area contributed by atoms with Gasteiger partial charge in [-0.1, -0.05) is 46.7 Å². The van der Waals surface area contributed by atoms with E-state index in [0.29, 0.717) is 38.4 Å². The van der Waals surface area contributed by atoms with Crippen molar-refractivity contribution in [2.24, 2.45) is 0 Å². The van der Waals surface area contributed by atoms with Crippen LogP contribution < -0.4 is 9.80 Å². The van der Waals surface area contributed by atoms with Crippen LogP contribution in [0.5, 0.6) is 0 Å². The van der Waals surface area contributed by atoms with Crippen molar-refractivity contribution in [2.45, 2.75) is 11.5 Å². The molecule has 2 aliphatic heterocycles. The third-order valence-corrected chi connectivity index (χ3v) is 9.19. The number of carbonyl (C=O) groups is 3. The highest BCUT2D eigenvalue weighted by molar-refractivity contribution is 7.22. The number of thiazole rings is 1. The van der Waals surface area contributed by atoms with Crippen molar-refractivity contribution in [1.82, 2.24) is 9.88 Å². The molecule has 206 valence electrons. The lowest BCUT2D eigenvalue weighted by Crippen LogP contribution is -2.53. The van der Waals surface area contributed by atoms with Crippen molar-refractivity contribution in [1.29, 1.82) is 5.26 Å². The molecule has 41 heavy (non-hydrogen) atoms. The standard InChI is InChI=1S/C29H21Cl2N5O4S/c1-34-28(39)36(21-11-19(30)10-20(31)12-21)26(38)29(34)15-35(14-22(29)17-5-3-16(13-32)4-6-17)27-33-23-8-7-18(25(37)40-2)9-24(23)41-27/h3-12,22H,14-15H2,1-2H3/t22-,29+/m0/s1. The number of hydrogen-bond donors (Lipinski definition) is 0. The number of carbonyl (C=O) groups excluding carboxylic acids is 3. The second kappa shape index (κ2) is 10.0. The molecule has 0 radical (unpaired) electrons. The number of aromatic nitrogens is 1. The van der Waals surface area contributed by atoms with Crippen LogP contribution in [0.3, 0.4) is 0 Å². The Hall–Kier alpha value is -4.17. The van der Waals surface area contributed by atoms with Gasteiger partial charge in [-0.3, -0.25) is 4.79 Å². The minimum Gasteiger partial charge on any atom is -0.465 e. The Kier molecular flexibility index (Phi) is 6.61. The second-order valence-electron chi connectivity index (χ2n) is 9.87. The molecule has 3 amide bonds. The SMILES string of the molecule is COC(=O)c1ccc2nc(N3C[C@@H](c4ccc(C#N)cc4)[C@]4(C3)C(=O)N(c3cc(Cl)cc(Cl)c3)C(=O)N4C)sc2c1. The number of nitrogens with zero attached hydrogens (tertiary/aromatic N) is 5. The summed E-state index contributed by atoms with van der Waals surface area (Å²) in [6.45, 7) is 0.552. The highest BCUT2D eigenvalue weighted by atomic mass is 35.5. The third kappa shape index (κ3) is 4.28. The molecule has 2 atom stereocenters. The molecule has 12 heteroatoms. The fourth-order valence-corrected chi connectivity index (χ4v) is 7.17. The van der Waals surface area contributed by atoms with Crippen LogP contribution in [0.4, 0.5) is 15.6 Å². The minimum atomic E-state index is -1.28. The summed E-state index contributed by atoms with van der Waals surface area (Å²) in [5, 5.41) is 10.6. The maximum Gasteiger partial charge on any atom is 0.337 e. The summed E-state index contributed by atoms with van der Waals surface area (Å²) in [5.41, 5.74) is 1.41. The molecule has 2 fully saturated rings. The number of hydrogen-bond acceptors (Lipinski definition) is 8. The Labute approximate surface area is 249 Å². The molecule has 2 saturated heterocycles. The summed E-state index contributed by atoms with van der Waals surface area (Å²) >= 11 is 13.8. The number of esters is 1. The van der Waals surface area contributed by atoms with Crippen LogP contribution in [0.25, 0.3) is 10.2 Å². The molecule has 2 aliphatic rings. The van der Waals surface area contributed by atoms with E-state index in [1.807, 2.05) is 17.0 Å². The fourth-order valence-electron chi connectivity index (χ4n) is 5.64. The average Bonchev–Trinajstić information content (AvgIpc) is 3.62. The Bertz CT molecular complexity index is 1770. The number of amides is 3. The molecule has 0 aliphatic carbocycles. The van der Waals surface area contributed by atoms with Gasteiger partial charge in [-0.15, -0.1) is 0 Å². The highest BCUT2D eigenvalue weighted by Crippen LogP contribution is 2.48. The van der Waals surface area contributed by atoms with E-state index in [1.165, 1.54) is 41.5 Å². The molecule has 0 saturated carbocycles. The van der Waals surface area contributed by atoms with Crippen molar-refractivity contribution >= 4 is 73.5 Å². The van der Waals surface area contributed by atoms with E-state index >= 15 is 0 Å². The van der Waals surface area contributed by atoms with Gasteiger partial charge >= 0.3 is 12.0 Å². The largest absolute Gasteiger partial charge is 0.465 e. The van der Waals surface area contributed by atoms with Crippen LogP contribution in [-0.4, -0.2) is 60.6 Å². The molecule has 0 bridgehead atoms. The quantitative estimate of drug-likeness (QED) is 0.217. The van der Waals surface area contributed by atoms with Crippen molar-refractivity contribution in [2.75, 3.05) is 37.0 Å². The average molecular weight is 606 g/mol. The van der Waals surface area contributed by atoms with E-state index < -0.39 is 29.4 Å². The van der Waals surface area contributed by atoms with Gasteiger partial charge in [0.2, 0.25) is 0 Å². The summed E-state index contributed by atoms with van der Waals surface area (Å²) in [6.07, 6.45) is 0.